The van der Waals surface area contributed by atoms with Gasteiger partial charge in [0.25, 0.3) is 0 Å². The van der Waals surface area contributed by atoms with E-state index in [2.05, 4.69) is 6.58 Å². The molecule has 14 heavy (non-hydrogen) atoms. The van der Waals surface area contributed by atoms with Crippen molar-refractivity contribution in [1.82, 2.24) is 0 Å². The lowest BCUT2D eigenvalue weighted by atomic mass is 9.80. The molecule has 0 aromatic rings. The molecule has 0 radical (unpaired) electrons. The first-order valence-electron chi connectivity index (χ1n) is 5.35. The van der Waals surface area contributed by atoms with Gasteiger partial charge in [-0.05, 0) is 31.2 Å². The third-order valence-electron chi connectivity index (χ3n) is 2.96. The Morgan fingerprint density at radius 1 is 1.36 bits per heavy atom. The molecule has 0 heterocycles. The molecule has 2 atom stereocenters. The fourth-order valence-corrected chi connectivity index (χ4v) is 2.21. The summed E-state index contributed by atoms with van der Waals surface area (Å²) in [4.78, 5) is 0. The van der Waals surface area contributed by atoms with Crippen LogP contribution in [0.2, 0.25) is 0 Å². The van der Waals surface area contributed by atoms with Crippen molar-refractivity contribution in [1.29, 1.82) is 0 Å². The van der Waals surface area contributed by atoms with Crippen LogP contribution in [0, 0.1) is 11.8 Å². The molecule has 0 spiro atoms. The van der Waals surface area contributed by atoms with Gasteiger partial charge >= 0.3 is 0 Å². The zero-order valence-corrected chi connectivity index (χ0v) is 9.43. The molecule has 1 rings (SSSR count). The van der Waals surface area contributed by atoms with Crippen molar-refractivity contribution >= 4 is 11.6 Å². The standard InChI is InChI=1S/C11H20ClNO/c1-9(12)7-14-8-11-5-3-2-4-10(11)6-13/h10-11H,1-8,13H2. The molecule has 2 nitrogen and oxygen atoms in total. The molecule has 82 valence electrons. The van der Waals surface area contributed by atoms with E-state index in [1.165, 1.54) is 25.7 Å². The van der Waals surface area contributed by atoms with Crippen LogP contribution in [0.5, 0.6) is 0 Å². The molecule has 3 heteroatoms. The van der Waals surface area contributed by atoms with Gasteiger partial charge in [-0.1, -0.05) is 31.0 Å². The van der Waals surface area contributed by atoms with Crippen molar-refractivity contribution in [3.8, 4) is 0 Å². The highest BCUT2D eigenvalue weighted by molar-refractivity contribution is 6.29. The van der Waals surface area contributed by atoms with Crippen LogP contribution in [0.1, 0.15) is 25.7 Å². The second kappa shape index (κ2) is 6.44. The van der Waals surface area contributed by atoms with Gasteiger partial charge in [0.1, 0.15) is 0 Å². The Morgan fingerprint density at radius 3 is 2.57 bits per heavy atom. The van der Waals surface area contributed by atoms with Gasteiger partial charge < -0.3 is 10.5 Å². The fraction of sp³-hybridized carbons (Fsp3) is 0.818. The summed E-state index contributed by atoms with van der Waals surface area (Å²) in [5, 5.41) is 0.574. The van der Waals surface area contributed by atoms with Crippen molar-refractivity contribution in [2.75, 3.05) is 19.8 Å². The van der Waals surface area contributed by atoms with Crippen molar-refractivity contribution < 1.29 is 4.74 Å². The Hall–Kier alpha value is -0.0500. The SMILES string of the molecule is C=C(Cl)COCC1CCCCC1CN. The number of halogens is 1. The monoisotopic (exact) mass is 217 g/mol. The highest BCUT2D eigenvalue weighted by Gasteiger charge is 2.23. The van der Waals surface area contributed by atoms with Crippen LogP contribution in [-0.2, 0) is 4.74 Å². The Bertz CT molecular complexity index is 184. The average molecular weight is 218 g/mol. The van der Waals surface area contributed by atoms with Crippen molar-refractivity contribution in [3.05, 3.63) is 11.6 Å². The van der Waals surface area contributed by atoms with Gasteiger partial charge in [0.15, 0.2) is 0 Å². The molecule has 0 amide bonds. The van der Waals surface area contributed by atoms with E-state index in [9.17, 15) is 0 Å². The molecule has 0 aromatic carbocycles. The predicted octanol–water partition coefficient (Wildman–Crippen LogP) is 2.52. The minimum Gasteiger partial charge on any atom is -0.376 e. The van der Waals surface area contributed by atoms with Crippen molar-refractivity contribution in [3.63, 3.8) is 0 Å². The van der Waals surface area contributed by atoms with Gasteiger partial charge in [-0.25, -0.2) is 0 Å². The van der Waals surface area contributed by atoms with Crippen LogP contribution in [0.25, 0.3) is 0 Å². The van der Waals surface area contributed by atoms with E-state index < -0.39 is 0 Å². The van der Waals surface area contributed by atoms with E-state index >= 15 is 0 Å². The highest BCUT2D eigenvalue weighted by atomic mass is 35.5. The second-order valence-electron chi connectivity index (χ2n) is 4.07. The minimum atomic E-state index is 0.468. The summed E-state index contributed by atoms with van der Waals surface area (Å²) in [6.07, 6.45) is 5.13. The van der Waals surface area contributed by atoms with E-state index in [0.29, 0.717) is 23.5 Å². The molecule has 0 saturated heterocycles. The molecule has 0 aliphatic heterocycles. The molecule has 2 N–H and O–H groups in total. The second-order valence-corrected chi connectivity index (χ2v) is 4.61. The first-order valence-corrected chi connectivity index (χ1v) is 5.73. The number of ether oxygens (including phenoxy) is 1. The van der Waals surface area contributed by atoms with Crippen LogP contribution in [0.4, 0.5) is 0 Å². The van der Waals surface area contributed by atoms with Crippen LogP contribution in [0.15, 0.2) is 11.6 Å². The lowest BCUT2D eigenvalue weighted by Crippen LogP contribution is -2.30. The smallest absolute Gasteiger partial charge is 0.0817 e. The molecule has 1 aliphatic carbocycles. The molecular weight excluding hydrogens is 198 g/mol. The maximum atomic E-state index is 5.73. The Kier molecular flexibility index (Phi) is 5.53. The predicted molar refractivity (Wildman–Crippen MR) is 60.3 cm³/mol. The first kappa shape index (κ1) is 12.0. The molecule has 0 bridgehead atoms. The number of hydrogen-bond acceptors (Lipinski definition) is 2. The summed E-state index contributed by atoms with van der Waals surface area (Å²) in [6.45, 7) is 5.63. The summed E-state index contributed by atoms with van der Waals surface area (Å²) in [5.74, 6) is 1.28. The number of hydrogen-bond donors (Lipinski definition) is 1. The highest BCUT2D eigenvalue weighted by Crippen LogP contribution is 2.29. The zero-order valence-electron chi connectivity index (χ0n) is 8.68. The molecular formula is C11H20ClNO. The minimum absolute atomic E-state index is 0.468. The molecule has 0 aromatic heterocycles. The average Bonchev–Trinajstić information content (AvgIpc) is 2.18. The van der Waals surface area contributed by atoms with Gasteiger partial charge in [0, 0.05) is 5.03 Å². The van der Waals surface area contributed by atoms with Crippen molar-refractivity contribution in [2.45, 2.75) is 25.7 Å². The van der Waals surface area contributed by atoms with Gasteiger partial charge in [-0.15, -0.1) is 0 Å². The van der Waals surface area contributed by atoms with Gasteiger partial charge in [0.2, 0.25) is 0 Å². The van der Waals surface area contributed by atoms with Crippen LogP contribution in [0.3, 0.4) is 0 Å². The molecule has 1 saturated carbocycles. The summed E-state index contributed by atoms with van der Waals surface area (Å²) >= 11 is 5.62. The Morgan fingerprint density at radius 2 is 2.00 bits per heavy atom. The van der Waals surface area contributed by atoms with E-state index in [4.69, 9.17) is 22.1 Å². The Labute approximate surface area is 91.4 Å². The molecule has 2 unspecified atom stereocenters. The van der Waals surface area contributed by atoms with E-state index in [1.807, 2.05) is 0 Å². The topological polar surface area (TPSA) is 35.2 Å². The normalized spacial score (nSPS) is 27.6. The maximum Gasteiger partial charge on any atom is 0.0817 e. The van der Waals surface area contributed by atoms with E-state index in [0.717, 1.165) is 13.2 Å². The first-order chi connectivity index (χ1) is 6.74. The zero-order chi connectivity index (χ0) is 10.4. The van der Waals surface area contributed by atoms with Crippen molar-refractivity contribution in [2.24, 2.45) is 17.6 Å². The van der Waals surface area contributed by atoms with Gasteiger partial charge in [-0.3, -0.25) is 0 Å². The summed E-state index contributed by atoms with van der Waals surface area (Å²) in [7, 11) is 0. The summed E-state index contributed by atoms with van der Waals surface area (Å²) in [5.41, 5.74) is 5.73. The number of nitrogens with two attached hydrogens (primary N) is 1. The lowest BCUT2D eigenvalue weighted by Gasteiger charge is -2.30. The largest absolute Gasteiger partial charge is 0.376 e. The quantitative estimate of drug-likeness (QED) is 0.768. The van der Waals surface area contributed by atoms with E-state index in [-0.39, 0.29) is 0 Å². The van der Waals surface area contributed by atoms with Crippen LogP contribution in [-0.4, -0.2) is 19.8 Å². The summed E-state index contributed by atoms with van der Waals surface area (Å²) < 4.78 is 5.48. The molecule has 1 aliphatic rings. The number of rotatable bonds is 5. The lowest BCUT2D eigenvalue weighted by molar-refractivity contribution is 0.0759. The third kappa shape index (κ3) is 3.99. The Balaban J connectivity index is 2.22. The van der Waals surface area contributed by atoms with E-state index in [1.54, 1.807) is 0 Å². The van der Waals surface area contributed by atoms with Crippen LogP contribution >= 0.6 is 11.6 Å². The van der Waals surface area contributed by atoms with Gasteiger partial charge in [-0.2, -0.15) is 0 Å². The fourth-order valence-electron chi connectivity index (χ4n) is 2.14. The van der Waals surface area contributed by atoms with Gasteiger partial charge in [0.05, 0.1) is 13.2 Å². The third-order valence-corrected chi connectivity index (χ3v) is 3.07. The summed E-state index contributed by atoms with van der Waals surface area (Å²) in [6, 6.07) is 0. The van der Waals surface area contributed by atoms with Crippen LogP contribution < -0.4 is 5.73 Å². The molecule has 1 fully saturated rings. The maximum absolute atomic E-state index is 5.73.